The lowest BCUT2D eigenvalue weighted by Gasteiger charge is -2.27. The molecule has 1 saturated heterocycles. The number of benzene rings is 2. The van der Waals surface area contributed by atoms with Crippen molar-refractivity contribution in [1.29, 1.82) is 0 Å². The minimum atomic E-state index is -0.0421. The van der Waals surface area contributed by atoms with Crippen LogP contribution in [0.3, 0.4) is 0 Å². The monoisotopic (exact) mass is 504 g/mol. The van der Waals surface area contributed by atoms with Crippen LogP contribution in [0.15, 0.2) is 48.8 Å². The standard InChI is InChI=1S/C28H36N6O3/c1-32-20-21(18-30-32)28-19-29-26-7-6-22(16-27(26)31-28)34(11-5-10-33-8-3-4-9-33)23-14-24(36-2)17-25(15-23)37-13-12-35/h6-7,14-17,19-20,30,35H,3-5,8-13,18H2,1-2H3. The van der Waals surface area contributed by atoms with Crippen LogP contribution in [-0.2, 0) is 0 Å². The van der Waals surface area contributed by atoms with E-state index in [1.54, 1.807) is 7.11 Å². The van der Waals surface area contributed by atoms with Crippen molar-refractivity contribution in [2.24, 2.45) is 0 Å². The van der Waals surface area contributed by atoms with Gasteiger partial charge in [-0.25, -0.2) is 10.4 Å². The molecular formula is C28H36N6O3. The molecule has 2 aliphatic rings. The number of hydrogen-bond acceptors (Lipinski definition) is 9. The molecule has 0 bridgehead atoms. The summed E-state index contributed by atoms with van der Waals surface area (Å²) in [6.45, 7) is 5.20. The van der Waals surface area contributed by atoms with Gasteiger partial charge in [-0.1, -0.05) is 0 Å². The van der Waals surface area contributed by atoms with Crippen LogP contribution in [-0.4, -0.2) is 85.1 Å². The third-order valence-corrected chi connectivity index (χ3v) is 6.86. The van der Waals surface area contributed by atoms with Crippen LogP contribution in [0.4, 0.5) is 11.4 Å². The summed E-state index contributed by atoms with van der Waals surface area (Å²) in [5.74, 6) is 1.38. The number of anilines is 2. The minimum Gasteiger partial charge on any atom is -0.497 e. The first-order valence-electron chi connectivity index (χ1n) is 13.0. The van der Waals surface area contributed by atoms with Gasteiger partial charge in [-0.15, -0.1) is 0 Å². The van der Waals surface area contributed by atoms with Crippen LogP contribution < -0.4 is 19.8 Å². The Morgan fingerprint density at radius 1 is 1.05 bits per heavy atom. The van der Waals surface area contributed by atoms with Gasteiger partial charge in [-0.3, -0.25) is 4.98 Å². The lowest BCUT2D eigenvalue weighted by molar-refractivity contribution is 0.201. The molecule has 2 N–H and O–H groups in total. The lowest BCUT2D eigenvalue weighted by Crippen LogP contribution is -2.26. The van der Waals surface area contributed by atoms with E-state index in [0.717, 1.165) is 59.7 Å². The summed E-state index contributed by atoms with van der Waals surface area (Å²) < 4.78 is 11.3. The van der Waals surface area contributed by atoms with E-state index >= 15 is 0 Å². The number of fused-ring (bicyclic) bond motifs is 1. The molecule has 1 fully saturated rings. The minimum absolute atomic E-state index is 0.0421. The second-order valence-electron chi connectivity index (χ2n) is 9.52. The maximum absolute atomic E-state index is 9.25. The molecule has 9 nitrogen and oxygen atoms in total. The number of aliphatic hydroxyl groups excluding tert-OH is 1. The Labute approximate surface area is 218 Å². The Morgan fingerprint density at radius 3 is 2.65 bits per heavy atom. The summed E-state index contributed by atoms with van der Waals surface area (Å²) >= 11 is 0. The van der Waals surface area contributed by atoms with E-state index in [9.17, 15) is 5.11 Å². The van der Waals surface area contributed by atoms with Gasteiger partial charge < -0.3 is 29.4 Å². The fraction of sp³-hybridized carbons (Fsp3) is 0.429. The van der Waals surface area contributed by atoms with Crippen molar-refractivity contribution in [1.82, 2.24) is 25.3 Å². The Morgan fingerprint density at radius 2 is 1.89 bits per heavy atom. The smallest absolute Gasteiger partial charge is 0.125 e. The van der Waals surface area contributed by atoms with Crippen LogP contribution in [0.2, 0.25) is 0 Å². The first-order chi connectivity index (χ1) is 18.1. The highest BCUT2D eigenvalue weighted by atomic mass is 16.5. The lowest BCUT2D eigenvalue weighted by atomic mass is 10.1. The van der Waals surface area contributed by atoms with E-state index in [2.05, 4.69) is 38.5 Å². The molecule has 2 aromatic carbocycles. The Bertz CT molecular complexity index is 1240. The third-order valence-electron chi connectivity index (χ3n) is 6.86. The molecule has 0 radical (unpaired) electrons. The van der Waals surface area contributed by atoms with Gasteiger partial charge in [0.2, 0.25) is 0 Å². The number of nitrogens with zero attached hydrogens (tertiary/aromatic N) is 5. The zero-order valence-electron chi connectivity index (χ0n) is 21.7. The summed E-state index contributed by atoms with van der Waals surface area (Å²) in [5.41, 5.74) is 8.99. The average molecular weight is 505 g/mol. The molecule has 0 amide bonds. The highest BCUT2D eigenvalue weighted by Crippen LogP contribution is 2.34. The van der Waals surface area contributed by atoms with E-state index in [0.29, 0.717) is 11.5 Å². The maximum Gasteiger partial charge on any atom is 0.125 e. The fourth-order valence-electron chi connectivity index (χ4n) is 4.96. The summed E-state index contributed by atoms with van der Waals surface area (Å²) in [6, 6.07) is 12.1. The number of hydrazine groups is 1. The number of rotatable bonds is 11. The van der Waals surface area contributed by atoms with Gasteiger partial charge in [0.05, 0.1) is 36.6 Å². The maximum atomic E-state index is 9.25. The van der Waals surface area contributed by atoms with Crippen molar-refractivity contribution in [3.05, 3.63) is 54.5 Å². The average Bonchev–Trinajstić information content (AvgIpc) is 3.61. The van der Waals surface area contributed by atoms with Gasteiger partial charge in [0.25, 0.3) is 0 Å². The van der Waals surface area contributed by atoms with Crippen LogP contribution in [0.5, 0.6) is 11.5 Å². The zero-order chi connectivity index (χ0) is 25.6. The number of nitrogens with one attached hydrogen (secondary N) is 1. The normalized spacial score (nSPS) is 15.9. The Hall–Kier alpha value is -3.40. The molecule has 196 valence electrons. The molecule has 1 aromatic heterocycles. The first-order valence-corrected chi connectivity index (χ1v) is 13.0. The predicted molar refractivity (Wildman–Crippen MR) is 146 cm³/mol. The van der Waals surface area contributed by atoms with Crippen LogP contribution >= 0.6 is 0 Å². The van der Waals surface area contributed by atoms with Crippen molar-refractivity contribution >= 4 is 28.0 Å². The SMILES string of the molecule is COc1cc(OCCO)cc(N(CCCN2CCCC2)c2ccc3ncc(C4=CN(C)NC4)nc3c2)c1. The topological polar surface area (TPSA) is 86.2 Å². The largest absolute Gasteiger partial charge is 0.497 e. The van der Waals surface area contributed by atoms with E-state index in [1.807, 2.05) is 42.5 Å². The predicted octanol–water partition coefficient (Wildman–Crippen LogP) is 3.42. The molecule has 2 aliphatic heterocycles. The van der Waals surface area contributed by atoms with Crippen LogP contribution in [0.25, 0.3) is 16.6 Å². The Balaban J connectivity index is 1.48. The van der Waals surface area contributed by atoms with E-state index in [-0.39, 0.29) is 13.2 Å². The van der Waals surface area contributed by atoms with Crippen LogP contribution in [0.1, 0.15) is 25.0 Å². The third kappa shape index (κ3) is 6.12. The molecule has 0 saturated carbocycles. The number of ether oxygens (including phenoxy) is 2. The molecule has 9 heteroatoms. The number of aromatic nitrogens is 2. The first kappa shape index (κ1) is 25.3. The van der Waals surface area contributed by atoms with Gasteiger partial charge >= 0.3 is 0 Å². The number of aliphatic hydroxyl groups is 1. The van der Waals surface area contributed by atoms with Crippen molar-refractivity contribution in [2.75, 3.05) is 65.0 Å². The summed E-state index contributed by atoms with van der Waals surface area (Å²) in [4.78, 5) is 14.5. The van der Waals surface area contributed by atoms with Crippen LogP contribution in [0, 0.1) is 0 Å². The fourth-order valence-corrected chi connectivity index (χ4v) is 4.96. The number of hydrogen-bond donors (Lipinski definition) is 2. The van der Waals surface area contributed by atoms with Gasteiger partial charge in [-0.2, -0.15) is 0 Å². The second-order valence-corrected chi connectivity index (χ2v) is 9.52. The molecule has 3 heterocycles. The molecule has 3 aromatic rings. The van der Waals surface area contributed by atoms with Crippen molar-refractivity contribution in [3.63, 3.8) is 0 Å². The number of methoxy groups -OCH3 is 1. The summed E-state index contributed by atoms with van der Waals surface area (Å²) in [6.07, 6.45) is 7.50. The molecule has 37 heavy (non-hydrogen) atoms. The van der Waals surface area contributed by atoms with Crippen molar-refractivity contribution in [2.45, 2.75) is 19.3 Å². The molecule has 0 spiro atoms. The van der Waals surface area contributed by atoms with Gasteiger partial charge in [0, 0.05) is 61.5 Å². The molecule has 5 rings (SSSR count). The van der Waals surface area contributed by atoms with Gasteiger partial charge in [0.15, 0.2) is 0 Å². The second kappa shape index (κ2) is 11.8. The van der Waals surface area contributed by atoms with Crippen molar-refractivity contribution < 1.29 is 14.6 Å². The molecular weight excluding hydrogens is 468 g/mol. The molecule has 0 aliphatic carbocycles. The highest BCUT2D eigenvalue weighted by Gasteiger charge is 2.17. The zero-order valence-corrected chi connectivity index (χ0v) is 21.7. The number of likely N-dealkylation sites (tertiary alicyclic amines) is 1. The Kier molecular flexibility index (Phi) is 8.03. The van der Waals surface area contributed by atoms with E-state index in [1.165, 1.54) is 25.9 Å². The summed E-state index contributed by atoms with van der Waals surface area (Å²) in [5, 5.41) is 11.2. The van der Waals surface area contributed by atoms with E-state index in [4.69, 9.17) is 14.5 Å². The van der Waals surface area contributed by atoms with E-state index < -0.39 is 0 Å². The molecule has 0 unspecified atom stereocenters. The highest BCUT2D eigenvalue weighted by molar-refractivity contribution is 5.82. The van der Waals surface area contributed by atoms with Gasteiger partial charge in [0.1, 0.15) is 18.1 Å². The quantitative estimate of drug-likeness (QED) is 0.408. The molecule has 0 atom stereocenters. The summed E-state index contributed by atoms with van der Waals surface area (Å²) in [7, 11) is 3.63. The van der Waals surface area contributed by atoms with Gasteiger partial charge in [-0.05, 0) is 57.1 Å². The van der Waals surface area contributed by atoms with Crippen molar-refractivity contribution in [3.8, 4) is 11.5 Å².